The number of hydrogen-bond donors (Lipinski definition) is 0. The molecule has 0 saturated carbocycles. The van der Waals surface area contributed by atoms with Gasteiger partial charge < -0.3 is 9.80 Å². The Morgan fingerprint density at radius 1 is 1.46 bits per heavy atom. The van der Waals surface area contributed by atoms with Crippen molar-refractivity contribution in [2.24, 2.45) is 5.92 Å². The Morgan fingerprint density at radius 3 is 3.08 bits per heavy atom. The van der Waals surface area contributed by atoms with Crippen molar-refractivity contribution in [2.75, 3.05) is 32.7 Å². The molecule has 140 valence electrons. The van der Waals surface area contributed by atoms with Gasteiger partial charge in [-0.05, 0) is 56.3 Å². The summed E-state index contributed by atoms with van der Waals surface area (Å²) < 4.78 is 13.3. The first-order chi connectivity index (χ1) is 12.7. The maximum Gasteiger partial charge on any atom is 0.273 e. The third kappa shape index (κ3) is 5.11. The number of likely N-dealkylation sites (tertiary alicyclic amines) is 1. The van der Waals surface area contributed by atoms with Crippen LogP contribution in [0.1, 0.15) is 35.8 Å². The molecular formula is C20H26FN3OS. The fourth-order valence-corrected chi connectivity index (χ4v) is 4.16. The van der Waals surface area contributed by atoms with Gasteiger partial charge in [0.1, 0.15) is 11.5 Å². The Labute approximate surface area is 158 Å². The molecule has 0 spiro atoms. The standard InChI is InChI=1S/C20H26FN3OS/c1-2-24(20(25)19-14-26-15-22-19)13-17-6-4-9-23(12-17)10-8-16-5-3-7-18(21)11-16/h3,5,7,11,14-15,17H,2,4,6,8-10,12-13H2,1H3. The van der Waals surface area contributed by atoms with E-state index in [0.29, 0.717) is 18.2 Å². The average molecular weight is 376 g/mol. The van der Waals surface area contributed by atoms with Crippen LogP contribution in [0.5, 0.6) is 0 Å². The summed E-state index contributed by atoms with van der Waals surface area (Å²) in [6.07, 6.45) is 3.16. The molecule has 1 aromatic heterocycles. The van der Waals surface area contributed by atoms with Crippen LogP contribution >= 0.6 is 11.3 Å². The van der Waals surface area contributed by atoms with E-state index in [0.717, 1.165) is 51.0 Å². The van der Waals surface area contributed by atoms with Crippen molar-refractivity contribution < 1.29 is 9.18 Å². The van der Waals surface area contributed by atoms with Crippen LogP contribution in [-0.4, -0.2) is 53.4 Å². The van der Waals surface area contributed by atoms with Gasteiger partial charge in [-0.15, -0.1) is 11.3 Å². The number of rotatable bonds is 7. The van der Waals surface area contributed by atoms with Crippen molar-refractivity contribution in [1.82, 2.24) is 14.8 Å². The predicted octanol–water partition coefficient (Wildman–Crippen LogP) is 3.70. The summed E-state index contributed by atoms with van der Waals surface area (Å²) in [5, 5.41) is 1.82. The highest BCUT2D eigenvalue weighted by atomic mass is 32.1. The van der Waals surface area contributed by atoms with Crippen LogP contribution in [0.2, 0.25) is 0 Å². The second kappa shape index (κ2) is 9.24. The predicted molar refractivity (Wildman–Crippen MR) is 103 cm³/mol. The van der Waals surface area contributed by atoms with Gasteiger partial charge in [0, 0.05) is 31.6 Å². The molecule has 1 aliphatic heterocycles. The molecule has 2 heterocycles. The molecule has 1 amide bonds. The van der Waals surface area contributed by atoms with Crippen molar-refractivity contribution in [1.29, 1.82) is 0 Å². The molecular weight excluding hydrogens is 349 g/mol. The van der Waals surface area contributed by atoms with Crippen molar-refractivity contribution in [3.8, 4) is 0 Å². The topological polar surface area (TPSA) is 36.4 Å². The van der Waals surface area contributed by atoms with Crippen LogP contribution in [0.25, 0.3) is 0 Å². The summed E-state index contributed by atoms with van der Waals surface area (Å²) >= 11 is 1.45. The van der Waals surface area contributed by atoms with Crippen molar-refractivity contribution >= 4 is 17.2 Å². The number of halogens is 1. The smallest absolute Gasteiger partial charge is 0.273 e. The molecule has 0 radical (unpaired) electrons. The largest absolute Gasteiger partial charge is 0.337 e. The van der Waals surface area contributed by atoms with Crippen molar-refractivity contribution in [3.63, 3.8) is 0 Å². The van der Waals surface area contributed by atoms with Gasteiger partial charge in [0.25, 0.3) is 5.91 Å². The van der Waals surface area contributed by atoms with E-state index in [4.69, 9.17) is 0 Å². The number of aromatic nitrogens is 1. The quantitative estimate of drug-likeness (QED) is 0.740. The lowest BCUT2D eigenvalue weighted by atomic mass is 9.96. The first-order valence-electron chi connectivity index (χ1n) is 9.30. The van der Waals surface area contributed by atoms with Gasteiger partial charge in [-0.3, -0.25) is 4.79 Å². The molecule has 1 unspecified atom stereocenters. The Hall–Kier alpha value is -1.79. The first kappa shape index (κ1) is 19.0. The molecule has 4 nitrogen and oxygen atoms in total. The summed E-state index contributed by atoms with van der Waals surface area (Å²) in [6.45, 7) is 6.52. The maximum atomic E-state index is 13.3. The zero-order chi connectivity index (χ0) is 18.4. The van der Waals surface area contributed by atoms with Gasteiger partial charge in [-0.25, -0.2) is 9.37 Å². The number of carbonyl (C=O) groups is 1. The Bertz CT molecular complexity index is 707. The fraction of sp³-hybridized carbons (Fsp3) is 0.500. The lowest BCUT2D eigenvalue weighted by molar-refractivity contribution is 0.0686. The number of carbonyl (C=O) groups excluding carboxylic acids is 1. The van der Waals surface area contributed by atoms with E-state index < -0.39 is 0 Å². The summed E-state index contributed by atoms with van der Waals surface area (Å²) in [5.41, 5.74) is 3.30. The van der Waals surface area contributed by atoms with Gasteiger partial charge in [-0.2, -0.15) is 0 Å². The number of amides is 1. The Kier molecular flexibility index (Phi) is 6.74. The first-order valence-corrected chi connectivity index (χ1v) is 10.2. The lowest BCUT2D eigenvalue weighted by Crippen LogP contribution is -2.43. The number of nitrogens with zero attached hydrogens (tertiary/aromatic N) is 3. The van der Waals surface area contributed by atoms with Crippen LogP contribution in [0.4, 0.5) is 4.39 Å². The molecule has 1 fully saturated rings. The third-order valence-corrected chi connectivity index (χ3v) is 5.59. The maximum absolute atomic E-state index is 13.3. The van der Waals surface area contributed by atoms with Gasteiger partial charge in [0.2, 0.25) is 0 Å². The highest BCUT2D eigenvalue weighted by Crippen LogP contribution is 2.19. The van der Waals surface area contributed by atoms with E-state index >= 15 is 0 Å². The van der Waals surface area contributed by atoms with Crippen LogP contribution in [0.15, 0.2) is 35.2 Å². The molecule has 0 aliphatic carbocycles. The van der Waals surface area contributed by atoms with Crippen LogP contribution in [0, 0.1) is 11.7 Å². The summed E-state index contributed by atoms with van der Waals surface area (Å²) in [7, 11) is 0. The minimum absolute atomic E-state index is 0.0330. The highest BCUT2D eigenvalue weighted by Gasteiger charge is 2.24. The minimum atomic E-state index is -0.168. The van der Waals surface area contributed by atoms with Gasteiger partial charge in [-0.1, -0.05) is 12.1 Å². The van der Waals surface area contributed by atoms with Crippen molar-refractivity contribution in [3.05, 3.63) is 52.2 Å². The minimum Gasteiger partial charge on any atom is -0.337 e. The van der Waals surface area contributed by atoms with E-state index in [1.165, 1.54) is 17.4 Å². The molecule has 2 aromatic rings. The molecule has 3 rings (SSSR count). The lowest BCUT2D eigenvalue weighted by Gasteiger charge is -2.35. The van der Waals surface area contributed by atoms with Crippen LogP contribution in [-0.2, 0) is 6.42 Å². The van der Waals surface area contributed by atoms with E-state index in [2.05, 4.69) is 9.88 Å². The number of piperidine rings is 1. The summed E-state index contributed by atoms with van der Waals surface area (Å²) in [4.78, 5) is 21.1. The fourth-order valence-electron chi connectivity index (χ4n) is 3.63. The van der Waals surface area contributed by atoms with Crippen molar-refractivity contribution in [2.45, 2.75) is 26.2 Å². The molecule has 26 heavy (non-hydrogen) atoms. The molecule has 1 saturated heterocycles. The molecule has 1 aromatic carbocycles. The number of thiazole rings is 1. The number of hydrogen-bond acceptors (Lipinski definition) is 4. The zero-order valence-electron chi connectivity index (χ0n) is 15.2. The van der Waals surface area contributed by atoms with Crippen LogP contribution < -0.4 is 0 Å². The van der Waals surface area contributed by atoms with Gasteiger partial charge in [0.05, 0.1) is 5.51 Å². The van der Waals surface area contributed by atoms with Gasteiger partial charge >= 0.3 is 0 Å². The van der Waals surface area contributed by atoms with E-state index in [1.54, 1.807) is 17.6 Å². The Morgan fingerprint density at radius 2 is 2.35 bits per heavy atom. The van der Waals surface area contributed by atoms with E-state index in [-0.39, 0.29) is 11.7 Å². The monoisotopic (exact) mass is 375 g/mol. The molecule has 0 bridgehead atoms. The third-order valence-electron chi connectivity index (χ3n) is 5.01. The number of benzene rings is 1. The SMILES string of the molecule is CCN(CC1CCCN(CCc2cccc(F)c2)C1)C(=O)c1cscn1. The summed E-state index contributed by atoms with van der Waals surface area (Å²) in [5.74, 6) is 0.350. The second-order valence-electron chi connectivity index (χ2n) is 6.91. The Balaban J connectivity index is 1.51. The van der Waals surface area contributed by atoms with E-state index in [1.807, 2.05) is 23.3 Å². The summed E-state index contributed by atoms with van der Waals surface area (Å²) in [6, 6.07) is 6.86. The average Bonchev–Trinajstić information content (AvgIpc) is 3.19. The second-order valence-corrected chi connectivity index (χ2v) is 7.62. The molecule has 6 heteroatoms. The molecule has 0 N–H and O–H groups in total. The zero-order valence-corrected chi connectivity index (χ0v) is 16.1. The van der Waals surface area contributed by atoms with Crippen LogP contribution in [0.3, 0.4) is 0 Å². The van der Waals surface area contributed by atoms with Gasteiger partial charge in [0.15, 0.2) is 0 Å². The highest BCUT2D eigenvalue weighted by molar-refractivity contribution is 7.07. The van der Waals surface area contributed by atoms with E-state index in [9.17, 15) is 9.18 Å². The normalized spacial score (nSPS) is 18.0. The molecule has 1 aliphatic rings. The molecule has 1 atom stereocenters.